The van der Waals surface area contributed by atoms with Gasteiger partial charge in [-0.25, -0.2) is 9.79 Å². The van der Waals surface area contributed by atoms with Crippen LogP contribution < -0.4 is 11.1 Å². The first-order chi connectivity index (χ1) is 10.1. The summed E-state index contributed by atoms with van der Waals surface area (Å²) < 4.78 is 41.2. The number of carbonyl (C=O) groups is 1. The van der Waals surface area contributed by atoms with Crippen molar-refractivity contribution < 1.29 is 22.7 Å². The number of guanidine groups is 1. The highest BCUT2D eigenvalue weighted by Crippen LogP contribution is 2.41. The molecule has 6 nitrogen and oxygen atoms in total. The molecule has 0 atom stereocenters. The van der Waals surface area contributed by atoms with E-state index in [4.69, 9.17) is 22.1 Å². The number of nitrogens with zero attached hydrogens (tertiary/aromatic N) is 2. The zero-order valence-corrected chi connectivity index (χ0v) is 12.6. The van der Waals surface area contributed by atoms with Crippen molar-refractivity contribution in [3.8, 4) is 0 Å². The summed E-state index contributed by atoms with van der Waals surface area (Å²) in [5.74, 6) is -0.846. The van der Waals surface area contributed by atoms with Crippen molar-refractivity contribution in [1.82, 2.24) is 5.32 Å². The van der Waals surface area contributed by atoms with Crippen LogP contribution in [0.2, 0.25) is 0 Å². The van der Waals surface area contributed by atoms with Crippen LogP contribution in [0.25, 0.3) is 0 Å². The van der Waals surface area contributed by atoms with E-state index in [1.807, 2.05) is 0 Å². The van der Waals surface area contributed by atoms with Crippen LogP contribution in [0, 0.1) is 0 Å². The number of hydrogen-bond acceptors (Lipinski definition) is 3. The van der Waals surface area contributed by atoms with E-state index in [9.17, 15) is 18.0 Å². The van der Waals surface area contributed by atoms with Crippen LogP contribution in [0.15, 0.2) is 22.3 Å². The molecule has 0 amide bonds. The topological polar surface area (TPSA) is 89.1 Å². The number of nitrogens with two attached hydrogens (primary N) is 1. The van der Waals surface area contributed by atoms with Crippen molar-refractivity contribution in [2.75, 3.05) is 6.61 Å². The van der Waals surface area contributed by atoms with Crippen molar-refractivity contribution in [2.24, 2.45) is 15.7 Å². The second-order valence-electron chi connectivity index (χ2n) is 4.65. The van der Waals surface area contributed by atoms with Gasteiger partial charge in [0, 0.05) is 5.70 Å². The van der Waals surface area contributed by atoms with Gasteiger partial charge in [-0.2, -0.15) is 18.2 Å². The van der Waals surface area contributed by atoms with Crippen molar-refractivity contribution in [1.29, 1.82) is 0 Å². The van der Waals surface area contributed by atoms with Gasteiger partial charge in [-0.05, 0) is 31.4 Å². The van der Waals surface area contributed by atoms with Crippen LogP contribution in [0.3, 0.4) is 0 Å². The molecule has 22 heavy (non-hydrogen) atoms. The lowest BCUT2D eigenvalue weighted by Gasteiger charge is -2.11. The SMILES string of the molecule is C=C(CC(F)(F)F)N/C(Cl)=N\C(N)=NC1(C(=O)OCC)CC1. The first-order valence-electron chi connectivity index (χ1n) is 6.36. The molecule has 3 N–H and O–H groups in total. The van der Waals surface area contributed by atoms with Crippen LogP contribution >= 0.6 is 11.6 Å². The van der Waals surface area contributed by atoms with Gasteiger partial charge in [0.1, 0.15) is 0 Å². The fourth-order valence-corrected chi connectivity index (χ4v) is 1.77. The third kappa shape index (κ3) is 5.92. The lowest BCUT2D eigenvalue weighted by atomic mass is 10.3. The molecule has 0 radical (unpaired) electrons. The Morgan fingerprint density at radius 1 is 1.50 bits per heavy atom. The summed E-state index contributed by atoms with van der Waals surface area (Å²) in [5.41, 5.74) is 4.08. The van der Waals surface area contributed by atoms with Gasteiger partial charge in [-0.3, -0.25) is 0 Å². The number of esters is 1. The molecule has 0 aromatic rings. The molecule has 0 unspecified atom stereocenters. The van der Waals surface area contributed by atoms with Crippen LogP contribution in [0.4, 0.5) is 13.2 Å². The van der Waals surface area contributed by atoms with Gasteiger partial charge in [0.05, 0.1) is 13.0 Å². The van der Waals surface area contributed by atoms with Gasteiger partial charge in [-0.1, -0.05) is 6.58 Å². The van der Waals surface area contributed by atoms with Gasteiger partial charge in [-0.15, -0.1) is 0 Å². The highest BCUT2D eigenvalue weighted by atomic mass is 35.5. The largest absolute Gasteiger partial charge is 0.464 e. The van der Waals surface area contributed by atoms with Crippen molar-refractivity contribution >= 4 is 28.8 Å². The summed E-state index contributed by atoms with van der Waals surface area (Å²) in [6, 6.07) is 0. The van der Waals surface area contributed by atoms with Crippen LogP contribution in [0.5, 0.6) is 0 Å². The quantitative estimate of drug-likeness (QED) is 0.347. The van der Waals surface area contributed by atoms with E-state index in [-0.39, 0.29) is 18.3 Å². The first-order valence-corrected chi connectivity index (χ1v) is 6.74. The zero-order valence-electron chi connectivity index (χ0n) is 11.8. The minimum Gasteiger partial charge on any atom is -0.464 e. The van der Waals surface area contributed by atoms with E-state index in [0.717, 1.165) is 0 Å². The zero-order chi connectivity index (χ0) is 17.0. The molecule has 124 valence electrons. The number of carbonyl (C=O) groups excluding carboxylic acids is 1. The highest BCUT2D eigenvalue weighted by molar-refractivity contribution is 6.65. The molecular weight excluding hydrogens is 325 g/mol. The molecule has 0 heterocycles. The fraction of sp³-hybridized carbons (Fsp3) is 0.583. The molecule has 1 aliphatic rings. The number of allylic oxidation sites excluding steroid dienone is 1. The number of aliphatic imine (C=N–C) groups is 2. The highest BCUT2D eigenvalue weighted by Gasteiger charge is 2.52. The van der Waals surface area contributed by atoms with Gasteiger partial charge in [0.25, 0.3) is 0 Å². The molecule has 10 heteroatoms. The number of ether oxygens (including phenoxy) is 1. The number of nitrogens with one attached hydrogen (secondary N) is 1. The molecular formula is C12H16ClF3N4O2. The minimum atomic E-state index is -4.41. The van der Waals surface area contributed by atoms with Crippen LogP contribution in [-0.2, 0) is 9.53 Å². The van der Waals surface area contributed by atoms with Crippen LogP contribution in [-0.4, -0.2) is 35.5 Å². The Labute approximate surface area is 130 Å². The van der Waals surface area contributed by atoms with Gasteiger partial charge < -0.3 is 15.8 Å². The molecule has 1 saturated carbocycles. The summed E-state index contributed by atoms with van der Waals surface area (Å²) in [6.45, 7) is 5.04. The molecule has 1 fully saturated rings. The number of halogens is 4. The molecule has 0 aliphatic heterocycles. The third-order valence-electron chi connectivity index (χ3n) is 2.61. The number of rotatable bonds is 5. The summed E-state index contributed by atoms with van der Waals surface area (Å²) in [6.07, 6.45) is -4.74. The maximum Gasteiger partial charge on any atom is 0.394 e. The molecule has 0 saturated heterocycles. The van der Waals surface area contributed by atoms with E-state index in [2.05, 4.69) is 21.9 Å². The fourth-order valence-electron chi connectivity index (χ4n) is 1.55. The van der Waals surface area contributed by atoms with Crippen molar-refractivity contribution in [3.05, 3.63) is 12.3 Å². The third-order valence-corrected chi connectivity index (χ3v) is 2.79. The Bertz CT molecular complexity index is 513. The van der Waals surface area contributed by atoms with E-state index in [0.29, 0.717) is 12.8 Å². The molecule has 1 aliphatic carbocycles. The second-order valence-corrected chi connectivity index (χ2v) is 5.00. The molecule has 0 bridgehead atoms. The predicted octanol–water partition coefficient (Wildman–Crippen LogP) is 2.05. The summed E-state index contributed by atoms with van der Waals surface area (Å²) >= 11 is 5.62. The van der Waals surface area contributed by atoms with Crippen molar-refractivity contribution in [2.45, 2.75) is 37.9 Å². The Morgan fingerprint density at radius 2 is 2.09 bits per heavy atom. The van der Waals surface area contributed by atoms with Gasteiger partial charge in [0.15, 0.2) is 5.54 Å². The van der Waals surface area contributed by atoms with E-state index >= 15 is 0 Å². The summed E-state index contributed by atoms with van der Waals surface area (Å²) in [4.78, 5) is 19.2. The smallest absolute Gasteiger partial charge is 0.394 e. The van der Waals surface area contributed by atoms with E-state index in [1.54, 1.807) is 6.92 Å². The lowest BCUT2D eigenvalue weighted by molar-refractivity contribution is -0.145. The van der Waals surface area contributed by atoms with Gasteiger partial charge in [0.2, 0.25) is 11.3 Å². The average Bonchev–Trinajstić information content (AvgIpc) is 3.06. The molecule has 0 aromatic heterocycles. The molecule has 0 aromatic carbocycles. The summed E-state index contributed by atoms with van der Waals surface area (Å²) in [5, 5.41) is 1.73. The first kappa shape index (κ1) is 18.3. The Hall–Kier alpha value is -1.77. The number of hydrogen-bond donors (Lipinski definition) is 2. The Balaban J connectivity index is 2.66. The maximum atomic E-state index is 12.1. The second kappa shape index (κ2) is 6.99. The lowest BCUT2D eigenvalue weighted by Crippen LogP contribution is -2.28. The standard InChI is InChI=1S/C12H16ClF3N4O2/c1-3-22-8(21)11(4-5-11)20-10(17)19-9(13)18-7(2)6-12(14,15)16/h2-6H2,1H3,(H3,17,18,19,20). The summed E-state index contributed by atoms with van der Waals surface area (Å²) in [7, 11) is 0. The minimum absolute atomic E-state index is 0.207. The number of amidine groups is 1. The monoisotopic (exact) mass is 340 g/mol. The average molecular weight is 341 g/mol. The Kier molecular flexibility index (Phi) is 5.81. The van der Waals surface area contributed by atoms with Gasteiger partial charge >= 0.3 is 12.1 Å². The van der Waals surface area contributed by atoms with E-state index in [1.165, 1.54) is 0 Å². The van der Waals surface area contributed by atoms with E-state index < -0.39 is 29.4 Å². The van der Waals surface area contributed by atoms with Crippen molar-refractivity contribution in [3.63, 3.8) is 0 Å². The van der Waals surface area contributed by atoms with Crippen LogP contribution in [0.1, 0.15) is 26.2 Å². The predicted molar refractivity (Wildman–Crippen MR) is 76.5 cm³/mol. The normalized spacial score (nSPS) is 17.9. The maximum absolute atomic E-state index is 12.1. The molecule has 0 spiro atoms. The molecule has 1 rings (SSSR count). The number of alkyl halides is 3. The Morgan fingerprint density at radius 3 is 2.55 bits per heavy atom.